The van der Waals surface area contributed by atoms with Gasteiger partial charge in [-0.3, -0.25) is 14.6 Å². The van der Waals surface area contributed by atoms with E-state index in [0.717, 1.165) is 36.3 Å². The Hall–Kier alpha value is -4.03. The first kappa shape index (κ1) is 34.8. The number of hydrogen-bond acceptors (Lipinski definition) is 6. The molecule has 244 valence electrons. The molecule has 0 aliphatic rings. The molecule has 1 amide bonds. The molecule has 0 atom stereocenters. The first-order chi connectivity index (χ1) is 22.0. The molecule has 0 saturated heterocycles. The fourth-order valence-electron chi connectivity index (χ4n) is 4.80. The molecular weight excluding hydrogens is 618 g/mol. The number of thioether (sulfide) groups is 1. The summed E-state index contributed by atoms with van der Waals surface area (Å²) in [6.45, 7) is 8.97. The molecule has 0 aliphatic heterocycles. The van der Waals surface area contributed by atoms with Crippen molar-refractivity contribution in [2.24, 2.45) is 0 Å². The highest BCUT2D eigenvalue weighted by Gasteiger charge is 2.30. The van der Waals surface area contributed by atoms with Gasteiger partial charge in [-0.15, -0.1) is 0 Å². The summed E-state index contributed by atoms with van der Waals surface area (Å²) in [5.74, 6) is -0.0688. The number of benzene rings is 2. The molecule has 2 heterocycles. The molecule has 0 saturated carbocycles. The van der Waals surface area contributed by atoms with Gasteiger partial charge in [-0.25, -0.2) is 4.39 Å². The van der Waals surface area contributed by atoms with Crippen molar-refractivity contribution in [3.05, 3.63) is 111 Å². The van der Waals surface area contributed by atoms with E-state index in [0.29, 0.717) is 47.2 Å². The number of pyridine rings is 1. The molecule has 4 rings (SSSR count). The quantitative estimate of drug-likeness (QED) is 0.0857. The van der Waals surface area contributed by atoms with Gasteiger partial charge in [-0.05, 0) is 61.0 Å². The number of likely N-dealkylation sites (N-methyl/N-ethyl adjacent to an activating group) is 1. The van der Waals surface area contributed by atoms with Gasteiger partial charge in [0.1, 0.15) is 12.4 Å². The Morgan fingerprint density at radius 3 is 2.17 bits per heavy atom. The minimum atomic E-state index is -4.41. The molecule has 0 radical (unpaired) electrons. The second-order valence-corrected chi connectivity index (χ2v) is 11.7. The van der Waals surface area contributed by atoms with E-state index in [9.17, 15) is 27.2 Å². The van der Waals surface area contributed by atoms with Crippen LogP contribution in [0.2, 0.25) is 0 Å². The van der Waals surface area contributed by atoms with Crippen LogP contribution < -0.4 is 5.56 Å². The molecule has 46 heavy (non-hydrogen) atoms. The minimum Gasteiger partial charge on any atom is -0.335 e. The minimum absolute atomic E-state index is 0.0403. The first-order valence-corrected chi connectivity index (χ1v) is 16.1. The third kappa shape index (κ3) is 9.49. The molecule has 2 aromatic heterocycles. The lowest BCUT2D eigenvalue weighted by molar-refractivity contribution is -0.137. The van der Waals surface area contributed by atoms with Crippen molar-refractivity contribution in [1.82, 2.24) is 24.3 Å². The molecule has 0 unspecified atom stereocenters. The first-order valence-electron chi connectivity index (χ1n) is 15.1. The number of halogens is 4. The van der Waals surface area contributed by atoms with Crippen LogP contribution in [0.3, 0.4) is 0 Å². The maximum atomic E-state index is 13.9. The van der Waals surface area contributed by atoms with E-state index in [-0.39, 0.29) is 30.4 Å². The maximum Gasteiger partial charge on any atom is 0.416 e. The van der Waals surface area contributed by atoms with E-state index in [1.54, 1.807) is 40.1 Å². The van der Waals surface area contributed by atoms with Crippen LogP contribution in [0.1, 0.15) is 43.0 Å². The Morgan fingerprint density at radius 2 is 1.59 bits per heavy atom. The Labute approximate surface area is 270 Å². The number of aryl methyl sites for hydroxylation is 1. The van der Waals surface area contributed by atoms with Gasteiger partial charge in [0.25, 0.3) is 5.56 Å². The van der Waals surface area contributed by atoms with Crippen LogP contribution in [-0.2, 0) is 36.2 Å². The van der Waals surface area contributed by atoms with Crippen LogP contribution in [-0.4, -0.2) is 56.4 Å². The van der Waals surface area contributed by atoms with Crippen LogP contribution in [0.4, 0.5) is 17.6 Å². The fourth-order valence-corrected chi connectivity index (χ4v) is 5.72. The van der Waals surface area contributed by atoms with Gasteiger partial charge < -0.3 is 14.4 Å². The number of aromatic nitrogens is 3. The van der Waals surface area contributed by atoms with Gasteiger partial charge in [0, 0.05) is 48.9 Å². The Bertz CT molecular complexity index is 1640. The molecule has 0 N–H and O–H groups in total. The predicted octanol–water partition coefficient (Wildman–Crippen LogP) is 6.69. The smallest absolute Gasteiger partial charge is 0.335 e. The van der Waals surface area contributed by atoms with Gasteiger partial charge in [0.05, 0.1) is 11.3 Å². The molecule has 7 nitrogen and oxygen atoms in total. The second kappa shape index (κ2) is 16.0. The molecule has 2 aromatic carbocycles. The third-order valence-corrected chi connectivity index (χ3v) is 8.70. The van der Waals surface area contributed by atoms with Crippen molar-refractivity contribution in [3.8, 4) is 11.3 Å². The van der Waals surface area contributed by atoms with E-state index in [1.165, 1.54) is 36.0 Å². The van der Waals surface area contributed by atoms with Crippen molar-refractivity contribution in [2.45, 2.75) is 57.4 Å². The summed E-state index contributed by atoms with van der Waals surface area (Å²) in [4.78, 5) is 39.2. The summed E-state index contributed by atoms with van der Waals surface area (Å²) in [6.07, 6.45) is -0.637. The van der Waals surface area contributed by atoms with E-state index in [1.807, 2.05) is 13.0 Å². The van der Waals surface area contributed by atoms with E-state index in [4.69, 9.17) is 0 Å². The average Bonchev–Trinajstić information content (AvgIpc) is 3.05. The highest BCUT2D eigenvalue weighted by atomic mass is 32.2. The second-order valence-electron chi connectivity index (χ2n) is 10.7. The predicted molar refractivity (Wildman–Crippen MR) is 172 cm³/mol. The SMILES string of the molecule is CCc1cn(CC(=O)N(CCN(CC)CC)Cc2ccc(-c3ccc(C(F)(F)F)cc3)nc2)c(SCc2ccc(F)cc2)nc1=O. The lowest BCUT2D eigenvalue weighted by atomic mass is 10.1. The normalized spacial score (nSPS) is 11.7. The van der Waals surface area contributed by atoms with Crippen LogP contribution >= 0.6 is 11.8 Å². The zero-order chi connectivity index (χ0) is 33.3. The highest BCUT2D eigenvalue weighted by molar-refractivity contribution is 7.98. The highest BCUT2D eigenvalue weighted by Crippen LogP contribution is 2.30. The summed E-state index contributed by atoms with van der Waals surface area (Å²) >= 11 is 1.30. The molecule has 12 heteroatoms. The van der Waals surface area contributed by atoms with Crippen molar-refractivity contribution < 1.29 is 22.4 Å². The molecule has 0 aliphatic carbocycles. The van der Waals surface area contributed by atoms with Crippen molar-refractivity contribution in [2.75, 3.05) is 26.2 Å². The number of amides is 1. The van der Waals surface area contributed by atoms with Gasteiger partial charge in [-0.1, -0.05) is 62.9 Å². The van der Waals surface area contributed by atoms with Gasteiger partial charge in [0.15, 0.2) is 5.16 Å². The third-order valence-electron chi connectivity index (χ3n) is 7.64. The fraction of sp³-hybridized carbons (Fsp3) is 0.353. The Kier molecular flexibility index (Phi) is 12.1. The molecular formula is C34H37F4N5O2S. The standard InChI is InChI=1S/C34H37F4N5O2S/c1-4-26-21-43(33(40-32(26)45)46-23-24-7-14-29(35)15-8-24)22-31(44)42(18-17-41(5-2)6-3)20-25-9-16-30(39-19-25)27-10-12-28(13-11-27)34(36,37)38/h7-16,19,21H,4-6,17-18,20,22-23H2,1-3H3. The zero-order valence-electron chi connectivity index (χ0n) is 26.1. The van der Waals surface area contributed by atoms with Gasteiger partial charge in [-0.2, -0.15) is 18.2 Å². The van der Waals surface area contributed by atoms with Gasteiger partial charge >= 0.3 is 6.18 Å². The summed E-state index contributed by atoms with van der Waals surface area (Å²) in [7, 11) is 0. The van der Waals surface area contributed by atoms with Crippen molar-refractivity contribution in [1.29, 1.82) is 0 Å². The number of alkyl halides is 3. The summed E-state index contributed by atoms with van der Waals surface area (Å²) in [6, 6.07) is 14.5. The molecule has 4 aromatic rings. The Morgan fingerprint density at radius 1 is 0.913 bits per heavy atom. The van der Waals surface area contributed by atoms with Crippen LogP contribution in [0.15, 0.2) is 83.0 Å². The van der Waals surface area contributed by atoms with Crippen LogP contribution in [0, 0.1) is 5.82 Å². The van der Waals surface area contributed by atoms with E-state index >= 15 is 0 Å². The largest absolute Gasteiger partial charge is 0.416 e. The molecule has 0 fully saturated rings. The molecule has 0 bridgehead atoms. The average molecular weight is 656 g/mol. The van der Waals surface area contributed by atoms with Crippen LogP contribution in [0.25, 0.3) is 11.3 Å². The van der Waals surface area contributed by atoms with Crippen LogP contribution in [0.5, 0.6) is 0 Å². The Balaban J connectivity index is 1.55. The topological polar surface area (TPSA) is 71.3 Å². The zero-order valence-corrected chi connectivity index (χ0v) is 26.9. The lowest BCUT2D eigenvalue weighted by Gasteiger charge is -2.27. The van der Waals surface area contributed by atoms with E-state index < -0.39 is 11.7 Å². The number of hydrogen-bond donors (Lipinski definition) is 0. The summed E-state index contributed by atoms with van der Waals surface area (Å²) in [5.41, 5.74) is 2.12. The molecule has 0 spiro atoms. The number of nitrogens with zero attached hydrogens (tertiary/aromatic N) is 5. The number of carbonyl (C=O) groups excluding carboxylic acids is 1. The number of rotatable bonds is 14. The lowest BCUT2D eigenvalue weighted by Crippen LogP contribution is -2.40. The van der Waals surface area contributed by atoms with Crippen molar-refractivity contribution in [3.63, 3.8) is 0 Å². The van der Waals surface area contributed by atoms with Crippen molar-refractivity contribution >= 4 is 17.7 Å². The van der Waals surface area contributed by atoms with Gasteiger partial charge in [0.2, 0.25) is 5.91 Å². The number of carbonyl (C=O) groups is 1. The summed E-state index contributed by atoms with van der Waals surface area (Å²) in [5, 5.41) is 0.395. The monoisotopic (exact) mass is 655 g/mol. The summed E-state index contributed by atoms with van der Waals surface area (Å²) < 4.78 is 54.0. The van der Waals surface area contributed by atoms with E-state index in [2.05, 4.69) is 28.7 Å². The maximum absolute atomic E-state index is 13.9.